The van der Waals surface area contributed by atoms with Crippen molar-refractivity contribution < 1.29 is 19.4 Å². The molecule has 2 aromatic rings. The fraction of sp³-hybridized carbons (Fsp3) is 0.333. The second kappa shape index (κ2) is 5.98. The van der Waals surface area contributed by atoms with Gasteiger partial charge in [0.2, 0.25) is 0 Å². The Morgan fingerprint density at radius 3 is 2.75 bits per heavy atom. The molecule has 20 heavy (non-hydrogen) atoms. The number of nitrogens with one attached hydrogen (secondary N) is 1. The summed E-state index contributed by atoms with van der Waals surface area (Å²) in [6.45, 7) is 2.55. The van der Waals surface area contributed by atoms with E-state index in [1.165, 1.54) is 13.4 Å². The Morgan fingerprint density at radius 2 is 2.15 bits per heavy atom. The number of phenolic OH excluding ortho intramolecular Hbond substituents is 1. The molecule has 108 valence electrons. The molecule has 1 atom stereocenters. The number of benzene rings is 1. The van der Waals surface area contributed by atoms with Crippen LogP contribution in [0.1, 0.15) is 18.2 Å². The van der Waals surface area contributed by atoms with E-state index < -0.39 is 5.60 Å². The van der Waals surface area contributed by atoms with E-state index in [1.54, 1.807) is 31.2 Å². The summed E-state index contributed by atoms with van der Waals surface area (Å²) in [5.41, 5.74) is -0.170. The molecular formula is C15H19NO4. The number of aromatic hydroxyl groups is 1. The van der Waals surface area contributed by atoms with Crippen LogP contribution in [0.25, 0.3) is 0 Å². The molecule has 0 aliphatic heterocycles. The van der Waals surface area contributed by atoms with Gasteiger partial charge in [0, 0.05) is 13.1 Å². The van der Waals surface area contributed by atoms with Crippen LogP contribution < -0.4 is 10.1 Å². The Kier molecular flexibility index (Phi) is 4.32. The summed E-state index contributed by atoms with van der Waals surface area (Å²) in [7, 11) is 1.51. The van der Waals surface area contributed by atoms with Crippen LogP contribution in [0, 0.1) is 0 Å². The van der Waals surface area contributed by atoms with Crippen molar-refractivity contribution in [2.45, 2.75) is 19.1 Å². The molecule has 1 heterocycles. The summed E-state index contributed by atoms with van der Waals surface area (Å²) < 4.78 is 10.2. The molecule has 0 aliphatic carbocycles. The van der Waals surface area contributed by atoms with E-state index in [1.807, 2.05) is 6.07 Å². The highest BCUT2D eigenvalue weighted by Gasteiger charge is 2.25. The molecule has 5 nitrogen and oxygen atoms in total. The lowest BCUT2D eigenvalue weighted by molar-refractivity contribution is 0.0340. The first-order chi connectivity index (χ1) is 9.53. The Bertz CT molecular complexity index is 549. The molecule has 5 heteroatoms. The highest BCUT2D eigenvalue weighted by molar-refractivity contribution is 5.41. The van der Waals surface area contributed by atoms with Gasteiger partial charge in [-0.3, -0.25) is 0 Å². The minimum atomic E-state index is -1.07. The number of rotatable bonds is 6. The van der Waals surface area contributed by atoms with Gasteiger partial charge in [-0.1, -0.05) is 6.07 Å². The van der Waals surface area contributed by atoms with Crippen molar-refractivity contribution in [1.82, 2.24) is 5.32 Å². The Labute approximate surface area is 117 Å². The first-order valence-electron chi connectivity index (χ1n) is 6.36. The molecule has 0 spiro atoms. The lowest BCUT2D eigenvalue weighted by atomic mass is 10.0. The third kappa shape index (κ3) is 3.31. The summed E-state index contributed by atoms with van der Waals surface area (Å²) in [6, 6.07) is 8.67. The Morgan fingerprint density at radius 1 is 1.35 bits per heavy atom. The lowest BCUT2D eigenvalue weighted by Gasteiger charge is -2.21. The van der Waals surface area contributed by atoms with E-state index in [0.29, 0.717) is 24.6 Å². The first kappa shape index (κ1) is 14.4. The predicted molar refractivity (Wildman–Crippen MR) is 74.6 cm³/mol. The zero-order valence-electron chi connectivity index (χ0n) is 11.6. The molecular weight excluding hydrogens is 258 g/mol. The Hall–Kier alpha value is -1.98. The van der Waals surface area contributed by atoms with E-state index in [9.17, 15) is 10.2 Å². The third-order valence-corrected chi connectivity index (χ3v) is 3.09. The summed E-state index contributed by atoms with van der Waals surface area (Å²) in [6.07, 6.45) is 1.53. The molecule has 0 saturated carbocycles. The van der Waals surface area contributed by atoms with Crippen LogP contribution >= 0.6 is 0 Å². The fourth-order valence-electron chi connectivity index (χ4n) is 1.97. The van der Waals surface area contributed by atoms with Gasteiger partial charge in [0.15, 0.2) is 11.5 Å². The molecule has 0 fully saturated rings. The van der Waals surface area contributed by atoms with Crippen molar-refractivity contribution >= 4 is 0 Å². The normalized spacial score (nSPS) is 13.9. The molecule has 3 N–H and O–H groups in total. The highest BCUT2D eigenvalue weighted by Crippen LogP contribution is 2.26. The van der Waals surface area contributed by atoms with Crippen LogP contribution in [0.5, 0.6) is 11.5 Å². The maximum atomic E-state index is 10.3. The van der Waals surface area contributed by atoms with Gasteiger partial charge in [0.25, 0.3) is 0 Å². The van der Waals surface area contributed by atoms with Crippen molar-refractivity contribution in [3.8, 4) is 11.5 Å². The first-order valence-corrected chi connectivity index (χ1v) is 6.36. The number of hydrogen-bond donors (Lipinski definition) is 3. The van der Waals surface area contributed by atoms with Crippen molar-refractivity contribution in [2.24, 2.45) is 0 Å². The van der Waals surface area contributed by atoms with Gasteiger partial charge in [0.05, 0.1) is 13.4 Å². The molecule has 0 bridgehead atoms. The van der Waals surface area contributed by atoms with E-state index in [2.05, 4.69) is 5.32 Å². The van der Waals surface area contributed by atoms with Gasteiger partial charge in [0.1, 0.15) is 11.4 Å². The van der Waals surface area contributed by atoms with E-state index in [0.717, 1.165) is 5.56 Å². The quantitative estimate of drug-likeness (QED) is 0.753. The van der Waals surface area contributed by atoms with E-state index in [-0.39, 0.29) is 5.75 Å². The van der Waals surface area contributed by atoms with Crippen molar-refractivity contribution in [3.05, 3.63) is 47.9 Å². The van der Waals surface area contributed by atoms with Crippen LogP contribution in [0.15, 0.2) is 41.0 Å². The van der Waals surface area contributed by atoms with Crippen LogP contribution in [0.3, 0.4) is 0 Å². The van der Waals surface area contributed by atoms with Gasteiger partial charge >= 0.3 is 0 Å². The lowest BCUT2D eigenvalue weighted by Crippen LogP contribution is -2.34. The van der Waals surface area contributed by atoms with Gasteiger partial charge in [-0.05, 0) is 36.8 Å². The van der Waals surface area contributed by atoms with Crippen LogP contribution in [0.4, 0.5) is 0 Å². The number of aliphatic hydroxyl groups is 1. The van der Waals surface area contributed by atoms with Gasteiger partial charge < -0.3 is 24.7 Å². The molecule has 0 amide bonds. The van der Waals surface area contributed by atoms with Gasteiger partial charge in [-0.25, -0.2) is 0 Å². The maximum absolute atomic E-state index is 10.3. The van der Waals surface area contributed by atoms with Gasteiger partial charge in [-0.2, -0.15) is 0 Å². The molecule has 1 aromatic carbocycles. The average molecular weight is 277 g/mol. The summed E-state index contributed by atoms with van der Waals surface area (Å²) in [4.78, 5) is 0. The molecule has 1 unspecified atom stereocenters. The summed E-state index contributed by atoms with van der Waals surface area (Å²) in [5, 5.41) is 23.1. The molecule has 1 aromatic heterocycles. The number of furan rings is 1. The Balaban J connectivity index is 1.91. The SMILES string of the molecule is COc1ccc(CNCC(C)(O)c2ccco2)cc1O. The average Bonchev–Trinajstić information content (AvgIpc) is 2.93. The number of methoxy groups -OCH3 is 1. The predicted octanol–water partition coefficient (Wildman–Crippen LogP) is 1.99. The largest absolute Gasteiger partial charge is 0.504 e. The summed E-state index contributed by atoms with van der Waals surface area (Å²) >= 11 is 0. The van der Waals surface area contributed by atoms with E-state index >= 15 is 0 Å². The molecule has 0 radical (unpaired) electrons. The zero-order valence-corrected chi connectivity index (χ0v) is 11.6. The molecule has 0 saturated heterocycles. The number of hydrogen-bond acceptors (Lipinski definition) is 5. The minimum absolute atomic E-state index is 0.101. The van der Waals surface area contributed by atoms with E-state index in [4.69, 9.17) is 9.15 Å². The molecule has 0 aliphatic rings. The minimum Gasteiger partial charge on any atom is -0.504 e. The van der Waals surface area contributed by atoms with Gasteiger partial charge in [-0.15, -0.1) is 0 Å². The smallest absolute Gasteiger partial charge is 0.160 e. The standard InChI is InChI=1S/C15H19NO4/c1-15(18,14-4-3-7-20-14)10-16-9-11-5-6-13(19-2)12(17)8-11/h3-8,16-18H,9-10H2,1-2H3. The van der Waals surface area contributed by atoms with Crippen molar-refractivity contribution in [1.29, 1.82) is 0 Å². The topological polar surface area (TPSA) is 74.9 Å². The number of phenols is 1. The van der Waals surface area contributed by atoms with Crippen LogP contribution in [-0.4, -0.2) is 23.9 Å². The molecule has 2 rings (SSSR count). The maximum Gasteiger partial charge on any atom is 0.160 e. The zero-order chi connectivity index (χ0) is 14.6. The summed E-state index contributed by atoms with van der Waals surface area (Å²) in [5.74, 6) is 1.06. The third-order valence-electron chi connectivity index (χ3n) is 3.09. The van der Waals surface area contributed by atoms with Crippen LogP contribution in [0.2, 0.25) is 0 Å². The highest BCUT2D eigenvalue weighted by atomic mass is 16.5. The van der Waals surface area contributed by atoms with Crippen LogP contribution in [-0.2, 0) is 12.1 Å². The fourth-order valence-corrected chi connectivity index (χ4v) is 1.97. The van der Waals surface area contributed by atoms with Crippen molar-refractivity contribution in [3.63, 3.8) is 0 Å². The number of ether oxygens (including phenoxy) is 1. The van der Waals surface area contributed by atoms with Crippen molar-refractivity contribution in [2.75, 3.05) is 13.7 Å². The second-order valence-electron chi connectivity index (χ2n) is 4.86. The second-order valence-corrected chi connectivity index (χ2v) is 4.86. The monoisotopic (exact) mass is 277 g/mol.